The Morgan fingerprint density at radius 3 is 2.78 bits per heavy atom. The molecule has 3 unspecified atom stereocenters. The summed E-state index contributed by atoms with van der Waals surface area (Å²) in [5.41, 5.74) is 2.47. The second-order valence-corrected chi connectivity index (χ2v) is 6.48. The van der Waals surface area contributed by atoms with E-state index >= 15 is 0 Å². The topological polar surface area (TPSA) is 122 Å². The lowest BCUT2D eigenvalue weighted by Crippen LogP contribution is -2.24. The maximum atomic E-state index is 12.5. The molecule has 1 saturated heterocycles. The van der Waals surface area contributed by atoms with Crippen LogP contribution in [0.3, 0.4) is 0 Å². The third-order valence-electron chi connectivity index (χ3n) is 4.60. The summed E-state index contributed by atoms with van der Waals surface area (Å²) in [5, 5.41) is 21.9. The van der Waals surface area contributed by atoms with E-state index in [1.807, 2.05) is 19.1 Å². The van der Waals surface area contributed by atoms with Crippen LogP contribution in [0.5, 0.6) is 0 Å². The molecule has 27 heavy (non-hydrogen) atoms. The SMILES string of the molecule is Cc1ccc(C(=O)Nc2ncnc3c2ncn3C2CC(O)C(CO)O2)cc1. The van der Waals surface area contributed by atoms with Crippen LogP contribution in [-0.4, -0.2) is 54.5 Å². The van der Waals surface area contributed by atoms with Gasteiger partial charge in [-0.15, -0.1) is 0 Å². The molecule has 4 rings (SSSR count). The quantitative estimate of drug-likeness (QED) is 0.628. The van der Waals surface area contributed by atoms with Gasteiger partial charge in [-0.05, 0) is 19.1 Å². The van der Waals surface area contributed by atoms with Crippen LogP contribution in [0.4, 0.5) is 5.82 Å². The summed E-state index contributed by atoms with van der Waals surface area (Å²) >= 11 is 0. The van der Waals surface area contributed by atoms with Gasteiger partial charge in [0.05, 0.1) is 19.0 Å². The first-order valence-corrected chi connectivity index (χ1v) is 8.56. The van der Waals surface area contributed by atoms with Crippen molar-refractivity contribution in [2.45, 2.75) is 31.8 Å². The fourth-order valence-corrected chi connectivity index (χ4v) is 3.09. The molecule has 1 aromatic carbocycles. The summed E-state index contributed by atoms with van der Waals surface area (Å²) in [4.78, 5) is 25.1. The number of rotatable bonds is 4. The zero-order valence-electron chi connectivity index (χ0n) is 14.6. The molecule has 1 aliphatic heterocycles. The van der Waals surface area contributed by atoms with E-state index in [0.29, 0.717) is 29.0 Å². The maximum absolute atomic E-state index is 12.5. The Morgan fingerprint density at radius 2 is 2.07 bits per heavy atom. The zero-order valence-corrected chi connectivity index (χ0v) is 14.6. The van der Waals surface area contributed by atoms with E-state index in [1.165, 1.54) is 12.7 Å². The van der Waals surface area contributed by atoms with Gasteiger partial charge in [-0.3, -0.25) is 9.36 Å². The number of carbonyl (C=O) groups is 1. The van der Waals surface area contributed by atoms with E-state index in [4.69, 9.17) is 4.74 Å². The number of amides is 1. The van der Waals surface area contributed by atoms with E-state index in [0.717, 1.165) is 5.56 Å². The second kappa shape index (κ2) is 7.03. The number of anilines is 1. The largest absolute Gasteiger partial charge is 0.394 e. The van der Waals surface area contributed by atoms with Crippen molar-refractivity contribution in [1.29, 1.82) is 0 Å². The Morgan fingerprint density at radius 1 is 1.30 bits per heavy atom. The zero-order chi connectivity index (χ0) is 19.0. The molecule has 3 atom stereocenters. The first-order valence-electron chi connectivity index (χ1n) is 8.56. The van der Waals surface area contributed by atoms with Crippen LogP contribution < -0.4 is 5.32 Å². The van der Waals surface area contributed by atoms with Gasteiger partial charge in [0.1, 0.15) is 18.7 Å². The summed E-state index contributed by atoms with van der Waals surface area (Å²) in [5.74, 6) is -0.000915. The lowest BCUT2D eigenvalue weighted by Gasteiger charge is -2.13. The summed E-state index contributed by atoms with van der Waals surface area (Å²) < 4.78 is 7.32. The number of aliphatic hydroxyl groups excluding tert-OH is 2. The lowest BCUT2D eigenvalue weighted by atomic mass is 10.1. The summed E-state index contributed by atoms with van der Waals surface area (Å²) in [7, 11) is 0. The van der Waals surface area contributed by atoms with Crippen LogP contribution in [0.1, 0.15) is 28.6 Å². The number of nitrogens with zero attached hydrogens (tertiary/aromatic N) is 4. The molecule has 140 valence electrons. The smallest absolute Gasteiger partial charge is 0.256 e. The average Bonchev–Trinajstić information content (AvgIpc) is 3.26. The third kappa shape index (κ3) is 3.27. The number of nitrogens with one attached hydrogen (secondary N) is 1. The number of hydrogen-bond acceptors (Lipinski definition) is 7. The minimum absolute atomic E-state index is 0.267. The van der Waals surface area contributed by atoms with Gasteiger partial charge in [0.15, 0.2) is 17.0 Å². The van der Waals surface area contributed by atoms with Crippen molar-refractivity contribution in [3.63, 3.8) is 0 Å². The van der Waals surface area contributed by atoms with Crippen molar-refractivity contribution >= 4 is 22.9 Å². The molecule has 0 bridgehead atoms. The Bertz CT molecular complexity index is 972. The molecule has 0 aliphatic carbocycles. The van der Waals surface area contributed by atoms with Crippen molar-refractivity contribution in [3.05, 3.63) is 48.0 Å². The molecule has 9 heteroatoms. The van der Waals surface area contributed by atoms with Crippen LogP contribution in [0, 0.1) is 6.92 Å². The van der Waals surface area contributed by atoms with Crippen LogP contribution in [0.25, 0.3) is 11.2 Å². The molecule has 3 aromatic rings. The molecule has 0 spiro atoms. The van der Waals surface area contributed by atoms with Crippen molar-refractivity contribution in [1.82, 2.24) is 19.5 Å². The monoisotopic (exact) mass is 369 g/mol. The highest BCUT2D eigenvalue weighted by atomic mass is 16.5. The standard InChI is InChI=1S/C18H19N5O4/c1-10-2-4-11(5-3-10)18(26)22-16-15-17(20-8-19-16)23(9-21-15)14-6-12(25)13(7-24)27-14/h2-5,8-9,12-14,24-25H,6-7H2,1H3,(H,19,20,22,26). The lowest BCUT2D eigenvalue weighted by molar-refractivity contribution is -0.0432. The van der Waals surface area contributed by atoms with Gasteiger partial charge in [0, 0.05) is 12.0 Å². The van der Waals surface area contributed by atoms with E-state index in [1.54, 1.807) is 16.7 Å². The first kappa shape index (κ1) is 17.5. The molecule has 0 radical (unpaired) electrons. The highest BCUT2D eigenvalue weighted by molar-refractivity contribution is 6.06. The minimum atomic E-state index is -0.764. The molecular weight excluding hydrogens is 350 g/mol. The van der Waals surface area contributed by atoms with Gasteiger partial charge in [-0.2, -0.15) is 0 Å². The molecular formula is C18H19N5O4. The summed E-state index contributed by atoms with van der Waals surface area (Å²) in [6, 6.07) is 7.20. The Kier molecular flexibility index (Phi) is 4.56. The van der Waals surface area contributed by atoms with E-state index < -0.39 is 18.4 Å². The molecule has 1 aliphatic rings. The molecule has 2 aromatic heterocycles. The number of aromatic nitrogens is 4. The van der Waals surface area contributed by atoms with Gasteiger partial charge < -0.3 is 20.3 Å². The predicted molar refractivity (Wildman–Crippen MR) is 96.1 cm³/mol. The van der Waals surface area contributed by atoms with E-state index in [-0.39, 0.29) is 12.5 Å². The minimum Gasteiger partial charge on any atom is -0.394 e. The molecule has 0 saturated carbocycles. The van der Waals surface area contributed by atoms with Crippen molar-refractivity contribution in [2.24, 2.45) is 0 Å². The molecule has 3 heterocycles. The summed E-state index contributed by atoms with van der Waals surface area (Å²) in [6.07, 6.45) is 1.26. The first-order chi connectivity index (χ1) is 13.1. The molecule has 1 amide bonds. The van der Waals surface area contributed by atoms with Gasteiger partial charge in [-0.1, -0.05) is 17.7 Å². The number of carbonyl (C=O) groups excluding carboxylic acids is 1. The Balaban J connectivity index is 1.61. The normalized spacial score (nSPS) is 22.3. The molecule has 3 N–H and O–H groups in total. The fourth-order valence-electron chi connectivity index (χ4n) is 3.09. The van der Waals surface area contributed by atoms with E-state index in [2.05, 4.69) is 20.3 Å². The summed E-state index contributed by atoms with van der Waals surface area (Å²) in [6.45, 7) is 1.68. The van der Waals surface area contributed by atoms with Crippen LogP contribution in [0.2, 0.25) is 0 Å². The average molecular weight is 369 g/mol. The number of benzene rings is 1. The van der Waals surface area contributed by atoms with Crippen molar-refractivity contribution in [2.75, 3.05) is 11.9 Å². The van der Waals surface area contributed by atoms with Crippen LogP contribution in [0.15, 0.2) is 36.9 Å². The number of ether oxygens (including phenoxy) is 1. The number of aryl methyl sites for hydroxylation is 1. The molecule has 1 fully saturated rings. The highest BCUT2D eigenvalue weighted by Gasteiger charge is 2.35. The van der Waals surface area contributed by atoms with Crippen molar-refractivity contribution in [3.8, 4) is 0 Å². The van der Waals surface area contributed by atoms with Gasteiger partial charge in [0.25, 0.3) is 5.91 Å². The highest BCUT2D eigenvalue weighted by Crippen LogP contribution is 2.31. The molecule has 9 nitrogen and oxygen atoms in total. The van der Waals surface area contributed by atoms with Crippen LogP contribution >= 0.6 is 0 Å². The number of imidazole rings is 1. The van der Waals surface area contributed by atoms with Crippen LogP contribution in [-0.2, 0) is 4.74 Å². The predicted octanol–water partition coefficient (Wildman–Crippen LogP) is 1.03. The fraction of sp³-hybridized carbons (Fsp3) is 0.333. The van der Waals surface area contributed by atoms with Gasteiger partial charge in [0.2, 0.25) is 0 Å². The van der Waals surface area contributed by atoms with E-state index in [9.17, 15) is 15.0 Å². The van der Waals surface area contributed by atoms with Gasteiger partial charge >= 0.3 is 0 Å². The number of hydrogen-bond donors (Lipinski definition) is 3. The van der Waals surface area contributed by atoms with Crippen molar-refractivity contribution < 1.29 is 19.7 Å². The maximum Gasteiger partial charge on any atom is 0.256 e. The second-order valence-electron chi connectivity index (χ2n) is 6.48. The van der Waals surface area contributed by atoms with Gasteiger partial charge in [-0.25, -0.2) is 15.0 Å². The number of fused-ring (bicyclic) bond motifs is 1. The Hall–Kier alpha value is -2.88. The third-order valence-corrected chi connectivity index (χ3v) is 4.60. The number of aliphatic hydroxyl groups is 2. The Labute approximate surface area is 154 Å².